The third-order valence-corrected chi connectivity index (χ3v) is 5.64. The van der Waals surface area contributed by atoms with Gasteiger partial charge >= 0.3 is 0 Å². The van der Waals surface area contributed by atoms with Crippen LogP contribution in [0.4, 0.5) is 15.8 Å². The van der Waals surface area contributed by atoms with Crippen LogP contribution in [0.15, 0.2) is 39.7 Å². The zero-order valence-electron chi connectivity index (χ0n) is 11.4. The summed E-state index contributed by atoms with van der Waals surface area (Å²) in [5.74, 6) is -0.659. The number of anilines is 2. The predicted molar refractivity (Wildman–Crippen MR) is 85.2 cm³/mol. The Bertz CT molecular complexity index is 784. The van der Waals surface area contributed by atoms with Gasteiger partial charge in [-0.1, -0.05) is 15.9 Å². The van der Waals surface area contributed by atoms with Gasteiger partial charge in [-0.05, 0) is 55.3 Å². The second-order valence-electron chi connectivity index (χ2n) is 4.71. The number of hydrogen-bond acceptors (Lipinski definition) is 3. The minimum absolute atomic E-state index is 0.00513. The van der Waals surface area contributed by atoms with E-state index in [0.717, 1.165) is 27.7 Å². The molecule has 0 radical (unpaired) electrons. The SMILES string of the molecule is Cc1cc(NS(=O)(=O)c2cc(F)ccc2N)cc(C)c1Br. The number of halogens is 2. The van der Waals surface area contributed by atoms with Gasteiger partial charge in [0.2, 0.25) is 0 Å². The minimum Gasteiger partial charge on any atom is -0.398 e. The number of nitrogen functional groups attached to an aromatic ring is 1. The molecule has 0 spiro atoms. The summed E-state index contributed by atoms with van der Waals surface area (Å²) in [4.78, 5) is -0.277. The molecule has 0 bridgehead atoms. The monoisotopic (exact) mass is 372 g/mol. The van der Waals surface area contributed by atoms with Gasteiger partial charge in [0.15, 0.2) is 0 Å². The van der Waals surface area contributed by atoms with Crippen molar-refractivity contribution in [1.29, 1.82) is 0 Å². The molecular weight excluding hydrogens is 359 g/mol. The van der Waals surface area contributed by atoms with Gasteiger partial charge in [-0.3, -0.25) is 4.72 Å². The lowest BCUT2D eigenvalue weighted by Crippen LogP contribution is -2.15. The zero-order valence-corrected chi connectivity index (χ0v) is 13.8. The van der Waals surface area contributed by atoms with Gasteiger partial charge in [0, 0.05) is 10.2 Å². The maximum absolute atomic E-state index is 13.2. The molecule has 112 valence electrons. The first-order valence-electron chi connectivity index (χ1n) is 6.05. The third-order valence-electron chi connectivity index (χ3n) is 2.95. The Balaban J connectivity index is 2.45. The van der Waals surface area contributed by atoms with Gasteiger partial charge in [0.1, 0.15) is 10.7 Å². The standard InChI is InChI=1S/C14H14BrFN2O2S/c1-8-5-11(6-9(2)14(8)15)18-21(19,20)13-7-10(16)3-4-12(13)17/h3-7,18H,17H2,1-2H3. The first-order valence-corrected chi connectivity index (χ1v) is 8.33. The maximum Gasteiger partial charge on any atom is 0.264 e. The highest BCUT2D eigenvalue weighted by Gasteiger charge is 2.19. The van der Waals surface area contributed by atoms with Crippen molar-refractivity contribution >= 4 is 37.3 Å². The van der Waals surface area contributed by atoms with E-state index in [1.54, 1.807) is 12.1 Å². The molecule has 7 heteroatoms. The van der Waals surface area contributed by atoms with Crippen LogP contribution in [-0.4, -0.2) is 8.42 Å². The second-order valence-corrected chi connectivity index (χ2v) is 7.16. The van der Waals surface area contributed by atoms with E-state index >= 15 is 0 Å². The molecule has 21 heavy (non-hydrogen) atoms. The van der Waals surface area contributed by atoms with E-state index in [4.69, 9.17) is 5.73 Å². The Kier molecular flexibility index (Phi) is 4.25. The lowest BCUT2D eigenvalue weighted by Gasteiger charge is -2.12. The fourth-order valence-electron chi connectivity index (χ4n) is 1.96. The van der Waals surface area contributed by atoms with E-state index < -0.39 is 15.8 Å². The van der Waals surface area contributed by atoms with Gasteiger partial charge in [-0.15, -0.1) is 0 Å². The molecule has 0 heterocycles. The highest BCUT2D eigenvalue weighted by molar-refractivity contribution is 9.10. The summed E-state index contributed by atoms with van der Waals surface area (Å²) in [6.07, 6.45) is 0. The van der Waals surface area contributed by atoms with Crippen molar-refractivity contribution < 1.29 is 12.8 Å². The van der Waals surface area contributed by atoms with E-state index in [2.05, 4.69) is 20.7 Å². The molecule has 2 aromatic carbocycles. The number of aryl methyl sites for hydroxylation is 2. The number of hydrogen-bond donors (Lipinski definition) is 2. The van der Waals surface area contributed by atoms with Crippen molar-refractivity contribution in [2.45, 2.75) is 18.7 Å². The highest BCUT2D eigenvalue weighted by atomic mass is 79.9. The summed E-state index contributed by atoms with van der Waals surface area (Å²) >= 11 is 3.41. The number of sulfonamides is 1. The Morgan fingerprint density at radius 1 is 1.14 bits per heavy atom. The number of rotatable bonds is 3. The van der Waals surface area contributed by atoms with Crippen LogP contribution >= 0.6 is 15.9 Å². The molecule has 0 fully saturated rings. The van der Waals surface area contributed by atoms with Crippen molar-refractivity contribution in [3.8, 4) is 0 Å². The number of nitrogens with one attached hydrogen (secondary N) is 1. The van der Waals surface area contributed by atoms with E-state index in [9.17, 15) is 12.8 Å². The summed E-state index contributed by atoms with van der Waals surface area (Å²) in [7, 11) is -3.94. The van der Waals surface area contributed by atoms with Gasteiger partial charge in [0.25, 0.3) is 10.0 Å². The largest absolute Gasteiger partial charge is 0.398 e. The van der Waals surface area contributed by atoms with Crippen LogP contribution < -0.4 is 10.5 Å². The van der Waals surface area contributed by atoms with Gasteiger partial charge in [-0.2, -0.15) is 0 Å². The topological polar surface area (TPSA) is 72.2 Å². The third kappa shape index (κ3) is 3.36. The highest BCUT2D eigenvalue weighted by Crippen LogP contribution is 2.27. The van der Waals surface area contributed by atoms with E-state index in [1.807, 2.05) is 13.8 Å². The molecule has 0 aliphatic rings. The summed E-state index contributed by atoms with van der Waals surface area (Å²) in [5.41, 5.74) is 7.79. The van der Waals surface area contributed by atoms with Crippen molar-refractivity contribution in [2.24, 2.45) is 0 Å². The van der Waals surface area contributed by atoms with Crippen LogP contribution in [0, 0.1) is 19.7 Å². The van der Waals surface area contributed by atoms with Crippen LogP contribution in [0.3, 0.4) is 0 Å². The van der Waals surface area contributed by atoms with Crippen molar-refractivity contribution in [3.05, 3.63) is 51.7 Å². The molecule has 2 rings (SSSR count). The Hall–Kier alpha value is -1.60. The molecule has 0 saturated carbocycles. The lowest BCUT2D eigenvalue weighted by atomic mass is 10.1. The molecule has 4 nitrogen and oxygen atoms in total. The maximum atomic E-state index is 13.2. The Morgan fingerprint density at radius 2 is 1.71 bits per heavy atom. The van der Waals surface area contributed by atoms with Crippen molar-refractivity contribution in [1.82, 2.24) is 0 Å². The van der Waals surface area contributed by atoms with Crippen LogP contribution in [0.25, 0.3) is 0 Å². The summed E-state index contributed by atoms with van der Waals surface area (Å²) in [6, 6.07) is 6.61. The van der Waals surface area contributed by atoms with Crippen LogP contribution in [0.2, 0.25) is 0 Å². The predicted octanol–water partition coefficient (Wildman–Crippen LogP) is 3.59. The second kappa shape index (κ2) is 5.65. The molecule has 0 atom stereocenters. The minimum atomic E-state index is -3.94. The summed E-state index contributed by atoms with van der Waals surface area (Å²) < 4.78 is 41.2. The van der Waals surface area contributed by atoms with E-state index in [1.165, 1.54) is 6.07 Å². The Morgan fingerprint density at radius 3 is 2.29 bits per heavy atom. The first-order chi connectivity index (χ1) is 9.70. The normalized spacial score (nSPS) is 11.4. The number of benzene rings is 2. The molecule has 0 aromatic heterocycles. The molecule has 3 N–H and O–H groups in total. The molecular formula is C14H14BrFN2O2S. The fourth-order valence-corrected chi connectivity index (χ4v) is 3.37. The van der Waals surface area contributed by atoms with Crippen molar-refractivity contribution in [2.75, 3.05) is 10.5 Å². The summed E-state index contributed by atoms with van der Waals surface area (Å²) in [6.45, 7) is 3.71. The molecule has 0 amide bonds. The van der Waals surface area contributed by atoms with E-state index in [-0.39, 0.29) is 10.6 Å². The molecule has 0 saturated heterocycles. The lowest BCUT2D eigenvalue weighted by molar-refractivity contribution is 0.596. The van der Waals surface area contributed by atoms with Crippen molar-refractivity contribution in [3.63, 3.8) is 0 Å². The summed E-state index contributed by atoms with van der Waals surface area (Å²) in [5, 5.41) is 0. The zero-order chi connectivity index (χ0) is 15.8. The van der Waals surface area contributed by atoms with Crippen LogP contribution in [0.1, 0.15) is 11.1 Å². The molecule has 2 aromatic rings. The molecule has 0 unspecified atom stereocenters. The van der Waals surface area contributed by atoms with Gasteiger partial charge < -0.3 is 5.73 Å². The molecule has 0 aliphatic heterocycles. The first kappa shape index (κ1) is 15.8. The van der Waals surface area contributed by atoms with Gasteiger partial charge in [0.05, 0.1) is 5.69 Å². The fraction of sp³-hybridized carbons (Fsp3) is 0.143. The molecule has 0 aliphatic carbocycles. The smallest absolute Gasteiger partial charge is 0.264 e. The average Bonchev–Trinajstić information content (AvgIpc) is 2.38. The quantitative estimate of drug-likeness (QED) is 0.808. The van der Waals surface area contributed by atoms with E-state index in [0.29, 0.717) is 5.69 Å². The van der Waals surface area contributed by atoms with Crippen LogP contribution in [0.5, 0.6) is 0 Å². The Labute approximate surface area is 131 Å². The number of nitrogens with two attached hydrogens (primary N) is 1. The van der Waals surface area contributed by atoms with Gasteiger partial charge in [-0.25, -0.2) is 12.8 Å². The van der Waals surface area contributed by atoms with Crippen LogP contribution in [-0.2, 0) is 10.0 Å². The average molecular weight is 373 g/mol.